The lowest BCUT2D eigenvalue weighted by Crippen LogP contribution is -2.60. The van der Waals surface area contributed by atoms with Crippen molar-refractivity contribution in [3.63, 3.8) is 0 Å². The number of unbranched alkanes of at least 4 members (excludes halogenated alkanes) is 47. The molecule has 0 aliphatic carbocycles. The fourth-order valence-electron chi connectivity index (χ4n) is 12.4. The third-order valence-corrected chi connectivity index (χ3v) is 18.5. The van der Waals surface area contributed by atoms with Crippen LogP contribution in [0.15, 0.2) is 85.1 Å². The van der Waals surface area contributed by atoms with E-state index in [2.05, 4.69) is 92.1 Å². The van der Waals surface area contributed by atoms with Crippen molar-refractivity contribution in [2.75, 3.05) is 13.2 Å². The van der Waals surface area contributed by atoms with Gasteiger partial charge in [0.05, 0.1) is 25.4 Å². The summed E-state index contributed by atoms with van der Waals surface area (Å²) in [5.74, 6) is -0.173. The Morgan fingerprint density at radius 3 is 1.01 bits per heavy atom. The molecule has 6 N–H and O–H groups in total. The molecule has 0 radical (unpaired) electrons. The van der Waals surface area contributed by atoms with Crippen molar-refractivity contribution in [3.05, 3.63) is 85.1 Å². The second-order valence-electron chi connectivity index (χ2n) is 27.1. The molecule has 7 atom stereocenters. The minimum absolute atomic E-state index is 0.173. The van der Waals surface area contributed by atoms with Crippen molar-refractivity contribution in [2.45, 2.75) is 416 Å². The van der Waals surface area contributed by atoms with Gasteiger partial charge in [0.2, 0.25) is 5.91 Å². The number of hydrogen-bond acceptors (Lipinski definition) is 8. The Balaban J connectivity index is 2.09. The van der Waals surface area contributed by atoms with Crippen LogP contribution in [-0.4, -0.2) is 87.5 Å². The number of aliphatic hydroxyl groups is 5. The van der Waals surface area contributed by atoms with Gasteiger partial charge in [-0.1, -0.05) is 381 Å². The summed E-state index contributed by atoms with van der Waals surface area (Å²) in [6.45, 7) is 3.71. The molecule has 9 nitrogen and oxygen atoms in total. The first kappa shape index (κ1) is 86.4. The number of nitrogens with one attached hydrogen (secondary N) is 1. The van der Waals surface area contributed by atoms with E-state index < -0.39 is 49.5 Å². The van der Waals surface area contributed by atoms with Crippen molar-refractivity contribution in [3.8, 4) is 0 Å². The Morgan fingerprint density at radius 2 is 0.681 bits per heavy atom. The van der Waals surface area contributed by atoms with Gasteiger partial charge in [-0.2, -0.15) is 0 Å². The number of carbonyl (C=O) groups excluding carboxylic acids is 1. The Morgan fingerprint density at radius 1 is 0.385 bits per heavy atom. The van der Waals surface area contributed by atoms with E-state index in [0.717, 1.165) is 77.0 Å². The van der Waals surface area contributed by atoms with Gasteiger partial charge in [0.25, 0.3) is 0 Å². The number of amides is 1. The number of aliphatic hydroxyl groups excluding tert-OH is 5. The first-order valence-electron chi connectivity index (χ1n) is 39.3. The molecule has 91 heavy (non-hydrogen) atoms. The SMILES string of the molecule is CC/C=C\C/C=C\C/C=C\C/C=C\C/C=C\C/C=C\CCCCCCCCCCCCCCCCCCC(=O)NC(COC1OC(CO)C(O)C(O)C1O)C(O)/C=C/CCCCCCCCCCCCCCCCCCCCCCCCCCCCCCCCC. The molecule has 1 aliphatic rings. The molecule has 1 fully saturated rings. The number of allylic oxidation sites excluding steroid dienone is 13. The summed E-state index contributed by atoms with van der Waals surface area (Å²) in [4.78, 5) is 13.2. The molecule has 0 aromatic carbocycles. The van der Waals surface area contributed by atoms with Crippen LogP contribution in [0.5, 0.6) is 0 Å². The fourth-order valence-corrected chi connectivity index (χ4v) is 12.4. The topological polar surface area (TPSA) is 149 Å². The van der Waals surface area contributed by atoms with E-state index in [1.54, 1.807) is 6.08 Å². The van der Waals surface area contributed by atoms with Crippen LogP contribution in [0.3, 0.4) is 0 Å². The van der Waals surface area contributed by atoms with Crippen LogP contribution in [0.25, 0.3) is 0 Å². The average molecular weight is 1280 g/mol. The quantitative estimate of drug-likeness (QED) is 0.0261. The van der Waals surface area contributed by atoms with Crippen LogP contribution >= 0.6 is 0 Å². The normalized spacial score (nSPS) is 18.2. The van der Waals surface area contributed by atoms with Crippen molar-refractivity contribution in [1.82, 2.24) is 5.32 Å². The molecule has 0 spiro atoms. The van der Waals surface area contributed by atoms with Gasteiger partial charge in [-0.25, -0.2) is 0 Å². The largest absolute Gasteiger partial charge is 0.394 e. The summed E-state index contributed by atoms with van der Waals surface area (Å²) in [5, 5.41) is 54.9. The lowest BCUT2D eigenvalue weighted by Gasteiger charge is -2.40. The molecule has 1 saturated heterocycles. The molecule has 7 unspecified atom stereocenters. The van der Waals surface area contributed by atoms with Crippen LogP contribution in [0.4, 0.5) is 0 Å². The van der Waals surface area contributed by atoms with Crippen molar-refractivity contribution in [2.24, 2.45) is 0 Å². The lowest BCUT2D eigenvalue weighted by molar-refractivity contribution is -0.302. The summed E-state index contributed by atoms with van der Waals surface area (Å²) in [6.07, 6.45) is 94.3. The Bertz CT molecular complexity index is 1720. The third kappa shape index (κ3) is 58.5. The average Bonchev–Trinajstić information content (AvgIpc) is 1.58. The maximum Gasteiger partial charge on any atom is 0.220 e. The Labute approximate surface area is 562 Å². The molecular weight excluding hydrogens is 1130 g/mol. The summed E-state index contributed by atoms with van der Waals surface area (Å²) in [7, 11) is 0. The molecule has 0 aromatic rings. The maximum absolute atomic E-state index is 13.2. The molecule has 1 aliphatic heterocycles. The molecule has 1 heterocycles. The molecule has 9 heteroatoms. The zero-order valence-electron chi connectivity index (χ0n) is 59.6. The van der Waals surface area contributed by atoms with E-state index in [1.807, 2.05) is 6.08 Å². The highest BCUT2D eigenvalue weighted by atomic mass is 16.7. The minimum Gasteiger partial charge on any atom is -0.394 e. The number of ether oxygens (including phenoxy) is 2. The molecule has 0 saturated carbocycles. The predicted octanol–water partition coefficient (Wildman–Crippen LogP) is 22.4. The van der Waals surface area contributed by atoms with Gasteiger partial charge in [-0.3, -0.25) is 4.79 Å². The Hall–Kier alpha value is -2.63. The first-order chi connectivity index (χ1) is 44.8. The second kappa shape index (κ2) is 70.2. The van der Waals surface area contributed by atoms with Gasteiger partial charge in [0.15, 0.2) is 6.29 Å². The van der Waals surface area contributed by atoms with Gasteiger partial charge in [-0.05, 0) is 70.6 Å². The smallest absolute Gasteiger partial charge is 0.220 e. The predicted molar refractivity (Wildman–Crippen MR) is 392 cm³/mol. The summed E-state index contributed by atoms with van der Waals surface area (Å²) in [6, 6.07) is -0.811. The molecular formula is C82H149NO8. The van der Waals surface area contributed by atoms with Gasteiger partial charge in [0.1, 0.15) is 24.4 Å². The Kier molecular flexibility index (Phi) is 66.6. The molecule has 1 amide bonds. The highest BCUT2D eigenvalue weighted by Gasteiger charge is 2.44. The van der Waals surface area contributed by atoms with Crippen molar-refractivity contribution < 1.29 is 39.8 Å². The van der Waals surface area contributed by atoms with Crippen molar-refractivity contribution >= 4 is 5.91 Å². The zero-order chi connectivity index (χ0) is 65.7. The van der Waals surface area contributed by atoms with Crippen LogP contribution in [0, 0.1) is 0 Å². The monoisotopic (exact) mass is 1280 g/mol. The molecule has 1 rings (SSSR count). The van der Waals surface area contributed by atoms with Gasteiger partial charge in [-0.15, -0.1) is 0 Å². The van der Waals surface area contributed by atoms with E-state index >= 15 is 0 Å². The van der Waals surface area contributed by atoms with E-state index in [4.69, 9.17) is 9.47 Å². The number of hydrogen-bond donors (Lipinski definition) is 6. The molecule has 0 bridgehead atoms. The van der Waals surface area contributed by atoms with E-state index in [9.17, 15) is 30.3 Å². The fraction of sp³-hybridized carbons (Fsp3) is 0.817. The first-order valence-corrected chi connectivity index (χ1v) is 39.3. The van der Waals surface area contributed by atoms with Gasteiger partial charge < -0.3 is 40.3 Å². The van der Waals surface area contributed by atoms with Gasteiger partial charge in [0, 0.05) is 6.42 Å². The third-order valence-electron chi connectivity index (χ3n) is 18.5. The highest BCUT2D eigenvalue weighted by molar-refractivity contribution is 5.76. The molecule has 530 valence electrons. The number of rotatable bonds is 69. The number of carbonyl (C=O) groups is 1. The van der Waals surface area contributed by atoms with Crippen LogP contribution in [-0.2, 0) is 14.3 Å². The van der Waals surface area contributed by atoms with E-state index in [1.165, 1.54) is 276 Å². The second-order valence-corrected chi connectivity index (χ2v) is 27.1. The zero-order valence-corrected chi connectivity index (χ0v) is 59.6. The van der Waals surface area contributed by atoms with Crippen LogP contribution in [0.1, 0.15) is 373 Å². The van der Waals surface area contributed by atoms with E-state index in [-0.39, 0.29) is 12.5 Å². The summed E-state index contributed by atoms with van der Waals surface area (Å²) in [5.41, 5.74) is 0. The highest BCUT2D eigenvalue weighted by Crippen LogP contribution is 2.24. The van der Waals surface area contributed by atoms with Crippen molar-refractivity contribution in [1.29, 1.82) is 0 Å². The maximum atomic E-state index is 13.2. The van der Waals surface area contributed by atoms with Crippen LogP contribution in [0.2, 0.25) is 0 Å². The van der Waals surface area contributed by atoms with Crippen LogP contribution < -0.4 is 5.32 Å². The standard InChI is InChI=1S/C82H149NO8/c1-3-5-7-9-11-13-15-17-19-21-23-25-27-29-31-33-35-37-38-40-42-44-46-48-50-52-54-56-58-60-62-64-66-68-70-72-78(86)83-75(74-90-82-81(89)80(88)79(87)77(73-84)91-82)76(85)71-69-67-65-63-61-59-57-55-53-51-49-47-45-43-41-39-36-34-32-30-28-26-24-22-20-18-16-14-12-10-8-6-4-2/h5,7,11,13,17,19,23,25,29,31,35,37,69,71,75-77,79-82,84-85,87-89H,3-4,6,8-10,12,14-16,18,20-22,24,26-28,30,32-34,36,38-68,70,72-74H2,1-2H3,(H,83,86)/b7-5-,13-11-,19-17-,25-23-,31-29-,37-35-,71-69+. The van der Waals surface area contributed by atoms with E-state index in [0.29, 0.717) is 6.42 Å². The van der Waals surface area contributed by atoms with Gasteiger partial charge >= 0.3 is 0 Å². The lowest BCUT2D eigenvalue weighted by atomic mass is 9.99. The summed E-state index contributed by atoms with van der Waals surface area (Å²) >= 11 is 0. The molecule has 0 aromatic heterocycles. The summed E-state index contributed by atoms with van der Waals surface area (Å²) < 4.78 is 11.3. The minimum atomic E-state index is -1.57.